The van der Waals surface area contributed by atoms with Gasteiger partial charge in [0.2, 0.25) is 0 Å². The van der Waals surface area contributed by atoms with Gasteiger partial charge < -0.3 is 4.90 Å². The fourth-order valence-electron chi connectivity index (χ4n) is 10.0. The van der Waals surface area contributed by atoms with Gasteiger partial charge in [0.25, 0.3) is 0 Å². The summed E-state index contributed by atoms with van der Waals surface area (Å²) in [5.74, 6) is 0. The summed E-state index contributed by atoms with van der Waals surface area (Å²) in [4.78, 5) is 2.46. The Morgan fingerprint density at radius 2 is 0.807 bits per heavy atom. The number of hydrogen-bond acceptors (Lipinski definition) is 1. The number of benzene rings is 9. The number of nitrogens with zero attached hydrogens (tertiary/aromatic N) is 1. The molecule has 0 amide bonds. The molecule has 57 heavy (non-hydrogen) atoms. The zero-order valence-corrected chi connectivity index (χ0v) is 32.2. The van der Waals surface area contributed by atoms with E-state index in [1.807, 2.05) is 0 Å². The van der Waals surface area contributed by atoms with Crippen molar-refractivity contribution >= 4 is 27.8 Å². The van der Waals surface area contributed by atoms with Gasteiger partial charge in [-0.25, -0.2) is 0 Å². The Balaban J connectivity index is 1.15. The Morgan fingerprint density at radius 3 is 1.49 bits per heavy atom. The maximum absolute atomic E-state index is 2.46. The number of hydrogen-bond donors (Lipinski definition) is 0. The summed E-state index contributed by atoms with van der Waals surface area (Å²) in [6, 6.07) is 78.7. The Hall–Kier alpha value is -6.96. The molecule has 0 saturated heterocycles. The van der Waals surface area contributed by atoms with Crippen LogP contribution in [-0.2, 0) is 10.8 Å². The molecule has 0 radical (unpaired) electrons. The van der Waals surface area contributed by atoms with Gasteiger partial charge in [-0.3, -0.25) is 0 Å². The molecule has 2 aliphatic carbocycles. The van der Waals surface area contributed by atoms with Crippen LogP contribution in [0, 0.1) is 0 Å². The molecule has 0 aromatic heterocycles. The lowest BCUT2D eigenvalue weighted by atomic mass is 9.68. The summed E-state index contributed by atoms with van der Waals surface area (Å²) in [5.41, 5.74) is 18.3. The smallest absolute Gasteiger partial charge is 0.0713 e. The van der Waals surface area contributed by atoms with Crippen molar-refractivity contribution in [3.8, 4) is 33.4 Å². The second kappa shape index (κ2) is 12.8. The third kappa shape index (κ3) is 5.02. The molecule has 270 valence electrons. The minimum absolute atomic E-state index is 0.110. The van der Waals surface area contributed by atoms with Crippen molar-refractivity contribution in [2.75, 3.05) is 4.90 Å². The van der Waals surface area contributed by atoms with Crippen molar-refractivity contribution < 1.29 is 0 Å². The van der Waals surface area contributed by atoms with Gasteiger partial charge in [0.15, 0.2) is 0 Å². The second-order valence-corrected chi connectivity index (χ2v) is 16.1. The molecule has 0 unspecified atom stereocenters. The van der Waals surface area contributed by atoms with Crippen molar-refractivity contribution in [2.45, 2.75) is 24.7 Å². The van der Waals surface area contributed by atoms with Crippen LogP contribution in [0.2, 0.25) is 0 Å². The summed E-state index contributed by atoms with van der Waals surface area (Å²) in [6.07, 6.45) is 0. The lowest BCUT2D eigenvalue weighted by Gasteiger charge is -2.34. The van der Waals surface area contributed by atoms with Crippen molar-refractivity contribution in [3.63, 3.8) is 0 Å². The van der Waals surface area contributed by atoms with Gasteiger partial charge in [-0.1, -0.05) is 178 Å². The topological polar surface area (TPSA) is 3.24 Å². The van der Waals surface area contributed by atoms with E-state index in [2.05, 4.69) is 231 Å². The standard InChI is InChI=1S/C56H41N/c1-55(2)51-31-29-45(37-50(51)48-34-40-19-12-13-20-41(40)35-54(48)55)57(44-26-16-21-39(33-44)38-17-6-3-7-18-38)46-30-32-53-49(36-46)47-27-14-15-28-52(47)56(53,42-22-8-4-9-23-42)43-24-10-5-11-25-43/h3-37H,1-2H3. The van der Waals surface area contributed by atoms with E-state index < -0.39 is 5.41 Å². The first-order valence-corrected chi connectivity index (χ1v) is 20.0. The Labute approximate surface area is 335 Å². The Bertz CT molecular complexity index is 2940. The van der Waals surface area contributed by atoms with Gasteiger partial charge in [-0.05, 0) is 126 Å². The van der Waals surface area contributed by atoms with E-state index in [1.54, 1.807) is 0 Å². The van der Waals surface area contributed by atoms with Crippen LogP contribution >= 0.6 is 0 Å². The van der Waals surface area contributed by atoms with Crippen LogP contribution in [0.5, 0.6) is 0 Å². The van der Waals surface area contributed by atoms with Crippen LogP contribution in [-0.4, -0.2) is 0 Å². The van der Waals surface area contributed by atoms with E-state index in [0.717, 1.165) is 17.1 Å². The van der Waals surface area contributed by atoms with Gasteiger partial charge >= 0.3 is 0 Å². The fourth-order valence-corrected chi connectivity index (χ4v) is 10.0. The third-order valence-corrected chi connectivity index (χ3v) is 12.7. The van der Waals surface area contributed by atoms with Gasteiger partial charge in [0, 0.05) is 22.5 Å². The van der Waals surface area contributed by atoms with Crippen molar-refractivity contribution in [1.82, 2.24) is 0 Å². The van der Waals surface area contributed by atoms with Crippen molar-refractivity contribution in [1.29, 1.82) is 0 Å². The monoisotopic (exact) mass is 727 g/mol. The van der Waals surface area contributed by atoms with Crippen LogP contribution in [0.3, 0.4) is 0 Å². The molecule has 0 aliphatic heterocycles. The zero-order valence-electron chi connectivity index (χ0n) is 32.2. The molecule has 11 rings (SSSR count). The molecule has 0 fully saturated rings. The molecule has 0 atom stereocenters. The molecular formula is C56H41N. The third-order valence-electron chi connectivity index (χ3n) is 12.7. The average Bonchev–Trinajstić information content (AvgIpc) is 3.69. The molecule has 1 nitrogen and oxygen atoms in total. The van der Waals surface area contributed by atoms with Gasteiger partial charge in [0.05, 0.1) is 5.41 Å². The number of anilines is 3. The van der Waals surface area contributed by atoms with Crippen LogP contribution in [0.1, 0.15) is 47.2 Å². The van der Waals surface area contributed by atoms with E-state index in [4.69, 9.17) is 0 Å². The molecule has 1 heteroatoms. The van der Waals surface area contributed by atoms with E-state index >= 15 is 0 Å². The molecule has 0 N–H and O–H groups in total. The van der Waals surface area contributed by atoms with Crippen LogP contribution in [0.15, 0.2) is 212 Å². The maximum Gasteiger partial charge on any atom is 0.0713 e. The Morgan fingerprint density at radius 1 is 0.316 bits per heavy atom. The van der Waals surface area contributed by atoms with Crippen LogP contribution in [0.25, 0.3) is 44.2 Å². The molecule has 0 bridgehead atoms. The highest BCUT2D eigenvalue weighted by Crippen LogP contribution is 2.58. The predicted octanol–water partition coefficient (Wildman–Crippen LogP) is 14.6. The first-order chi connectivity index (χ1) is 28.0. The minimum atomic E-state index is -0.448. The maximum atomic E-state index is 2.46. The van der Waals surface area contributed by atoms with Crippen molar-refractivity contribution in [3.05, 3.63) is 246 Å². The summed E-state index contributed by atoms with van der Waals surface area (Å²) >= 11 is 0. The first-order valence-electron chi connectivity index (χ1n) is 20.0. The molecular weight excluding hydrogens is 687 g/mol. The fraction of sp³-hybridized carbons (Fsp3) is 0.0714. The van der Waals surface area contributed by atoms with Crippen molar-refractivity contribution in [2.24, 2.45) is 0 Å². The largest absolute Gasteiger partial charge is 0.310 e. The molecule has 0 spiro atoms. The highest BCUT2D eigenvalue weighted by Gasteiger charge is 2.46. The normalized spacial score (nSPS) is 14.1. The van der Waals surface area contributed by atoms with E-state index in [-0.39, 0.29) is 5.41 Å². The average molecular weight is 728 g/mol. The summed E-state index contributed by atoms with van der Waals surface area (Å²) in [7, 11) is 0. The van der Waals surface area contributed by atoms with Gasteiger partial charge in [0.1, 0.15) is 0 Å². The van der Waals surface area contributed by atoms with Crippen LogP contribution < -0.4 is 4.90 Å². The quantitative estimate of drug-likeness (QED) is 0.165. The predicted molar refractivity (Wildman–Crippen MR) is 239 cm³/mol. The summed E-state index contributed by atoms with van der Waals surface area (Å²) in [5, 5.41) is 2.56. The first kappa shape index (κ1) is 33.4. The summed E-state index contributed by atoms with van der Waals surface area (Å²) in [6.45, 7) is 4.74. The molecule has 9 aromatic carbocycles. The SMILES string of the molecule is CC1(C)c2ccc(N(c3cccc(-c4ccccc4)c3)c3ccc4c(c3)-c3ccccc3C4(c3ccccc3)c3ccccc3)cc2-c2cc3ccccc3cc21. The molecule has 0 heterocycles. The minimum Gasteiger partial charge on any atom is -0.310 e. The lowest BCUT2D eigenvalue weighted by molar-refractivity contribution is 0.661. The zero-order chi connectivity index (χ0) is 38.1. The van der Waals surface area contributed by atoms with Crippen LogP contribution in [0.4, 0.5) is 17.1 Å². The van der Waals surface area contributed by atoms with E-state index in [9.17, 15) is 0 Å². The lowest BCUT2D eigenvalue weighted by Crippen LogP contribution is -2.28. The van der Waals surface area contributed by atoms with E-state index in [0.29, 0.717) is 0 Å². The van der Waals surface area contributed by atoms with Gasteiger partial charge in [-0.15, -0.1) is 0 Å². The van der Waals surface area contributed by atoms with Gasteiger partial charge in [-0.2, -0.15) is 0 Å². The molecule has 9 aromatic rings. The number of rotatable bonds is 6. The highest BCUT2D eigenvalue weighted by atomic mass is 15.1. The highest BCUT2D eigenvalue weighted by molar-refractivity contribution is 5.96. The second-order valence-electron chi connectivity index (χ2n) is 16.1. The molecule has 0 saturated carbocycles. The number of fused-ring (bicyclic) bond motifs is 7. The van der Waals surface area contributed by atoms with E-state index in [1.165, 1.54) is 77.5 Å². The Kier molecular flexibility index (Phi) is 7.50. The molecule has 2 aliphatic rings. The summed E-state index contributed by atoms with van der Waals surface area (Å²) < 4.78 is 0.